The Morgan fingerprint density at radius 2 is 0.838 bits per heavy atom. The molecule has 1 aliphatic rings. The molecule has 4 nitrogen and oxygen atoms in total. The fourth-order valence-electron chi connectivity index (χ4n) is 4.63. The molecule has 0 atom stereocenters. The summed E-state index contributed by atoms with van der Waals surface area (Å²) in [6.45, 7) is 21.3. The molecule has 0 bridgehead atoms. The zero-order valence-electron chi connectivity index (χ0n) is 23.7. The smallest absolute Gasteiger partial charge is 0.497 e. The Morgan fingerprint density at radius 1 is 0.568 bits per heavy atom. The van der Waals surface area contributed by atoms with Gasteiger partial charge in [0.15, 0.2) is 0 Å². The summed E-state index contributed by atoms with van der Waals surface area (Å²) in [7, 11) is 3.38. The van der Waals surface area contributed by atoms with Crippen molar-refractivity contribution >= 4 is 0 Å². The molecule has 1 aliphatic heterocycles. The van der Waals surface area contributed by atoms with Gasteiger partial charge in [0.05, 0.1) is 20.0 Å². The van der Waals surface area contributed by atoms with Crippen LogP contribution in [0.1, 0.15) is 44.5 Å². The summed E-state index contributed by atoms with van der Waals surface area (Å²) in [6.07, 6.45) is 0. The number of ether oxygens (including phenoxy) is 2. The van der Waals surface area contributed by atoms with Gasteiger partial charge >= 0.3 is 19.5 Å². The first kappa shape index (κ1) is 30.4. The van der Waals surface area contributed by atoms with Gasteiger partial charge in [0.1, 0.15) is 11.5 Å². The van der Waals surface area contributed by atoms with Crippen molar-refractivity contribution in [2.45, 2.75) is 54.6 Å². The molecule has 5 heteroatoms. The fourth-order valence-corrected chi connectivity index (χ4v) is 4.63. The monoisotopic (exact) mass is 588 g/mol. The van der Waals surface area contributed by atoms with Gasteiger partial charge in [0.25, 0.3) is 0 Å². The van der Waals surface area contributed by atoms with Crippen molar-refractivity contribution in [1.82, 2.24) is 9.80 Å². The Morgan fingerprint density at radius 3 is 1.08 bits per heavy atom. The number of methoxy groups -OCH3 is 2. The molecule has 0 saturated carbocycles. The third-order valence-electron chi connectivity index (χ3n) is 7.81. The molecule has 0 N–H and O–H groups in total. The van der Waals surface area contributed by atoms with Crippen LogP contribution in [0.15, 0.2) is 60.9 Å². The van der Waals surface area contributed by atoms with Gasteiger partial charge in [-0.25, -0.2) is 0 Å². The molecule has 0 unspecified atom stereocenters. The van der Waals surface area contributed by atoms with Crippen molar-refractivity contribution in [2.75, 3.05) is 27.3 Å². The molecular weight excluding hydrogens is 545 g/mol. The van der Waals surface area contributed by atoms with Crippen LogP contribution in [0.3, 0.4) is 0 Å². The average Bonchev–Trinajstić information content (AvgIpc) is 3.24. The van der Waals surface area contributed by atoms with E-state index < -0.39 is 0 Å². The van der Waals surface area contributed by atoms with E-state index in [1.165, 1.54) is 44.5 Å². The maximum absolute atomic E-state index is 5.21. The molecule has 0 spiro atoms. The van der Waals surface area contributed by atoms with E-state index in [1.807, 2.05) is 24.3 Å². The minimum absolute atomic E-state index is 0. The molecule has 3 aromatic rings. The maximum atomic E-state index is 5.21. The molecule has 1 fully saturated rings. The van der Waals surface area contributed by atoms with Crippen molar-refractivity contribution in [3.05, 3.63) is 105 Å². The van der Waals surface area contributed by atoms with Crippen LogP contribution in [-0.2, 0) is 32.6 Å². The second kappa shape index (κ2) is 13.7. The third-order valence-corrected chi connectivity index (χ3v) is 7.81. The summed E-state index contributed by atoms with van der Waals surface area (Å²) >= 11 is 0. The van der Waals surface area contributed by atoms with Crippen LogP contribution >= 0.6 is 0 Å². The number of benzene rings is 3. The standard InChI is InChI=1S/C20H24N2O2.C12H18.Ru/c1-16-21(14-17-4-8-19(23-2)9-5-17)12-13-22(16)15-18-6-10-20(24-3)11-7-18;1-7-8(2)10(4)12(6)11(5)9(7)3;/h4-11H,1,12-15H2,2-3H3;1-6H3;/q;;+2. The summed E-state index contributed by atoms with van der Waals surface area (Å²) in [5.74, 6) is 2.86. The van der Waals surface area contributed by atoms with Crippen LogP contribution in [0.4, 0.5) is 0 Å². The minimum atomic E-state index is 0. The van der Waals surface area contributed by atoms with Gasteiger partial charge in [-0.1, -0.05) is 30.8 Å². The Labute approximate surface area is 237 Å². The van der Waals surface area contributed by atoms with Crippen molar-refractivity contribution in [2.24, 2.45) is 0 Å². The zero-order chi connectivity index (χ0) is 26.4. The summed E-state index contributed by atoms with van der Waals surface area (Å²) in [5.41, 5.74) is 11.3. The van der Waals surface area contributed by atoms with Crippen LogP contribution in [0.5, 0.6) is 11.5 Å². The van der Waals surface area contributed by atoms with Crippen LogP contribution in [0.2, 0.25) is 0 Å². The Kier molecular flexibility index (Phi) is 11.3. The summed E-state index contributed by atoms with van der Waals surface area (Å²) in [5, 5.41) is 0. The van der Waals surface area contributed by atoms with E-state index in [1.54, 1.807) is 14.2 Å². The van der Waals surface area contributed by atoms with E-state index in [-0.39, 0.29) is 19.5 Å². The van der Waals surface area contributed by atoms with Gasteiger partial charge in [0.2, 0.25) is 0 Å². The number of hydrogen-bond donors (Lipinski definition) is 0. The second-order valence-electron chi connectivity index (χ2n) is 9.71. The minimum Gasteiger partial charge on any atom is -0.497 e. The van der Waals surface area contributed by atoms with E-state index in [0.717, 1.165) is 43.5 Å². The fraction of sp³-hybridized carbons (Fsp3) is 0.375. The summed E-state index contributed by atoms with van der Waals surface area (Å²) < 4.78 is 10.4. The average molecular weight is 588 g/mol. The van der Waals surface area contributed by atoms with E-state index >= 15 is 0 Å². The molecular formula is C32H42N2O2Ru+2. The van der Waals surface area contributed by atoms with Gasteiger partial charge < -0.3 is 19.3 Å². The molecule has 0 aromatic heterocycles. The molecule has 198 valence electrons. The van der Waals surface area contributed by atoms with Crippen LogP contribution in [-0.4, -0.2) is 37.1 Å². The maximum Gasteiger partial charge on any atom is 2.00 e. The van der Waals surface area contributed by atoms with E-state index in [0.29, 0.717) is 0 Å². The summed E-state index contributed by atoms with van der Waals surface area (Å²) in [4.78, 5) is 4.65. The van der Waals surface area contributed by atoms with Crippen LogP contribution < -0.4 is 9.47 Å². The van der Waals surface area contributed by atoms with Crippen molar-refractivity contribution < 1.29 is 29.0 Å². The third kappa shape index (κ3) is 7.39. The van der Waals surface area contributed by atoms with Gasteiger partial charge in [-0.15, -0.1) is 0 Å². The Bertz CT molecular complexity index is 1020. The predicted molar refractivity (Wildman–Crippen MR) is 151 cm³/mol. The molecule has 0 radical (unpaired) electrons. The topological polar surface area (TPSA) is 24.9 Å². The predicted octanol–water partition coefficient (Wildman–Crippen LogP) is 7.03. The Hall–Kier alpha value is -2.78. The van der Waals surface area contributed by atoms with Crippen molar-refractivity contribution in [3.63, 3.8) is 0 Å². The number of hydrogen-bond acceptors (Lipinski definition) is 4. The first-order chi connectivity index (χ1) is 17.2. The Balaban J connectivity index is 0.000000314. The van der Waals surface area contributed by atoms with Gasteiger partial charge in [-0.05, 0) is 110 Å². The number of rotatable bonds is 6. The normalized spacial score (nSPS) is 12.6. The van der Waals surface area contributed by atoms with Gasteiger partial charge in [0, 0.05) is 26.2 Å². The van der Waals surface area contributed by atoms with Crippen LogP contribution in [0.25, 0.3) is 0 Å². The largest absolute Gasteiger partial charge is 2.00 e. The summed E-state index contributed by atoms with van der Waals surface area (Å²) in [6, 6.07) is 16.5. The molecule has 1 saturated heterocycles. The van der Waals surface area contributed by atoms with E-state index in [2.05, 4.69) is 82.2 Å². The molecule has 3 aromatic carbocycles. The molecule has 4 rings (SSSR count). The molecule has 37 heavy (non-hydrogen) atoms. The zero-order valence-corrected chi connectivity index (χ0v) is 25.5. The first-order valence-electron chi connectivity index (χ1n) is 12.6. The van der Waals surface area contributed by atoms with Gasteiger partial charge in [-0.3, -0.25) is 0 Å². The number of nitrogens with zero attached hydrogens (tertiary/aromatic N) is 2. The first-order valence-corrected chi connectivity index (χ1v) is 12.6. The second-order valence-corrected chi connectivity index (χ2v) is 9.71. The SMILES string of the molecule is C=C1N(Cc2ccc(OC)cc2)CCN1Cc1ccc(OC)cc1.Cc1c(C)c(C)c(C)c(C)c1C.[Ru+2]. The molecule has 0 amide bonds. The van der Waals surface area contributed by atoms with Crippen LogP contribution in [0, 0.1) is 41.5 Å². The van der Waals surface area contributed by atoms with E-state index in [4.69, 9.17) is 9.47 Å². The van der Waals surface area contributed by atoms with Gasteiger partial charge in [-0.2, -0.15) is 0 Å². The quantitative estimate of drug-likeness (QED) is 0.289. The van der Waals surface area contributed by atoms with Crippen molar-refractivity contribution in [3.8, 4) is 11.5 Å². The van der Waals surface area contributed by atoms with E-state index in [9.17, 15) is 0 Å². The molecule has 1 heterocycles. The molecule has 0 aliphatic carbocycles. The van der Waals surface area contributed by atoms with Crippen molar-refractivity contribution in [1.29, 1.82) is 0 Å².